The van der Waals surface area contributed by atoms with Crippen molar-refractivity contribution in [1.29, 1.82) is 0 Å². The van der Waals surface area contributed by atoms with Crippen LogP contribution < -0.4 is 21.1 Å². The molecular weight excluding hydrogens is 494 g/mol. The minimum atomic E-state index is -0.890. The zero-order chi connectivity index (χ0) is 26.4. The van der Waals surface area contributed by atoms with Gasteiger partial charge in [0, 0.05) is 19.5 Å². The standard InChI is InChI=1S/C26H25N5O7/c32-13-20-17(33)11-21(38-20)31-12-19-23(29-26(31)36)28-22-16(7-3-8-18(22)37-19)27-9-4-10-30-24(34)14-5-1-2-6-15(14)25(30)35/h1-3,5-8,12,17,20-21,27,32-33H,4,9-11,13H2,(H,28,29,36). The van der Waals surface area contributed by atoms with Gasteiger partial charge in [-0.3, -0.25) is 19.1 Å². The summed E-state index contributed by atoms with van der Waals surface area (Å²) in [5, 5.41) is 25.8. The van der Waals surface area contributed by atoms with E-state index in [9.17, 15) is 24.6 Å². The molecule has 196 valence electrons. The molecule has 1 saturated heterocycles. The third-order valence-electron chi connectivity index (χ3n) is 6.85. The summed E-state index contributed by atoms with van der Waals surface area (Å²) in [5.41, 5.74) is 1.56. The van der Waals surface area contributed by atoms with Crippen LogP contribution in [0.2, 0.25) is 0 Å². The third kappa shape index (κ3) is 4.08. The number of anilines is 3. The van der Waals surface area contributed by atoms with E-state index in [2.05, 4.69) is 15.6 Å². The monoisotopic (exact) mass is 519 g/mol. The molecule has 0 saturated carbocycles. The lowest BCUT2D eigenvalue weighted by atomic mass is 10.1. The van der Waals surface area contributed by atoms with E-state index in [1.807, 2.05) is 12.1 Å². The SMILES string of the molecule is O=C1c2ccccc2C(=O)N1CCCNc1cccc2c1Nc1nc(=O)n(C3CC(O)C(CO)O3)cc1O2. The van der Waals surface area contributed by atoms with Crippen molar-refractivity contribution in [3.63, 3.8) is 0 Å². The first kappa shape index (κ1) is 24.1. The second kappa shape index (κ2) is 9.56. The maximum atomic E-state index is 12.7. The van der Waals surface area contributed by atoms with Crippen LogP contribution in [0.4, 0.5) is 17.2 Å². The summed E-state index contributed by atoms with van der Waals surface area (Å²) < 4.78 is 12.8. The predicted molar refractivity (Wildman–Crippen MR) is 135 cm³/mol. The van der Waals surface area contributed by atoms with Crippen LogP contribution in [-0.2, 0) is 4.74 Å². The Morgan fingerprint density at radius 1 is 1.05 bits per heavy atom. The number of benzene rings is 2. The second-order valence-electron chi connectivity index (χ2n) is 9.25. The van der Waals surface area contributed by atoms with E-state index in [0.717, 1.165) is 0 Å². The van der Waals surface area contributed by atoms with E-state index in [-0.39, 0.29) is 37.2 Å². The van der Waals surface area contributed by atoms with Gasteiger partial charge in [0.15, 0.2) is 17.3 Å². The van der Waals surface area contributed by atoms with Crippen molar-refractivity contribution in [3.8, 4) is 11.5 Å². The smallest absolute Gasteiger partial charge is 0.351 e. The predicted octanol–water partition coefficient (Wildman–Crippen LogP) is 1.83. The minimum Gasteiger partial charge on any atom is -0.450 e. The Balaban J connectivity index is 1.12. The van der Waals surface area contributed by atoms with Crippen molar-refractivity contribution in [2.45, 2.75) is 31.3 Å². The number of aromatic nitrogens is 2. The number of carbonyl (C=O) groups excluding carboxylic acids is 2. The van der Waals surface area contributed by atoms with Crippen molar-refractivity contribution < 1.29 is 29.3 Å². The molecule has 12 nitrogen and oxygen atoms in total. The molecule has 3 aliphatic heterocycles. The number of nitrogens with zero attached hydrogens (tertiary/aromatic N) is 3. The Labute approximate surface area is 216 Å². The van der Waals surface area contributed by atoms with Gasteiger partial charge in [0.1, 0.15) is 18.0 Å². The van der Waals surface area contributed by atoms with E-state index in [0.29, 0.717) is 47.0 Å². The highest BCUT2D eigenvalue weighted by Gasteiger charge is 2.36. The van der Waals surface area contributed by atoms with Crippen molar-refractivity contribution in [2.24, 2.45) is 0 Å². The molecule has 2 amide bonds. The number of imide groups is 1. The fraction of sp³-hybridized carbons (Fsp3) is 0.308. The van der Waals surface area contributed by atoms with Crippen LogP contribution in [0.25, 0.3) is 0 Å². The average molecular weight is 520 g/mol. The zero-order valence-electron chi connectivity index (χ0n) is 20.2. The number of aliphatic hydroxyl groups excluding tert-OH is 2. The highest BCUT2D eigenvalue weighted by Crippen LogP contribution is 2.44. The van der Waals surface area contributed by atoms with Crippen LogP contribution in [0.1, 0.15) is 39.8 Å². The number of para-hydroxylation sites is 1. The molecule has 4 heterocycles. The van der Waals surface area contributed by atoms with Gasteiger partial charge in [0.2, 0.25) is 0 Å². The third-order valence-corrected chi connectivity index (χ3v) is 6.85. The number of hydrogen-bond donors (Lipinski definition) is 4. The quantitative estimate of drug-likeness (QED) is 0.210. The van der Waals surface area contributed by atoms with Crippen LogP contribution in [0, 0.1) is 0 Å². The summed E-state index contributed by atoms with van der Waals surface area (Å²) in [4.78, 5) is 43.2. The first-order valence-corrected chi connectivity index (χ1v) is 12.3. The summed E-state index contributed by atoms with van der Waals surface area (Å²) in [6.45, 7) is 0.391. The molecule has 1 aromatic heterocycles. The van der Waals surface area contributed by atoms with Crippen LogP contribution in [0.5, 0.6) is 11.5 Å². The van der Waals surface area contributed by atoms with Gasteiger partial charge in [-0.2, -0.15) is 4.98 Å². The number of aliphatic hydroxyl groups is 2. The fourth-order valence-corrected chi connectivity index (χ4v) is 4.90. The molecule has 2 aromatic carbocycles. The Hall–Kier alpha value is -4.26. The molecule has 4 N–H and O–H groups in total. The number of ether oxygens (including phenoxy) is 2. The largest absolute Gasteiger partial charge is 0.450 e. The highest BCUT2D eigenvalue weighted by molar-refractivity contribution is 6.21. The summed E-state index contributed by atoms with van der Waals surface area (Å²) in [6.07, 6.45) is -0.290. The van der Waals surface area contributed by atoms with Crippen molar-refractivity contribution in [3.05, 3.63) is 70.3 Å². The van der Waals surface area contributed by atoms with Crippen LogP contribution in [0.3, 0.4) is 0 Å². The average Bonchev–Trinajstić information content (AvgIpc) is 3.41. The summed E-state index contributed by atoms with van der Waals surface area (Å²) in [7, 11) is 0. The summed E-state index contributed by atoms with van der Waals surface area (Å²) >= 11 is 0. The lowest BCUT2D eigenvalue weighted by Crippen LogP contribution is -2.31. The molecule has 12 heteroatoms. The van der Waals surface area contributed by atoms with Gasteiger partial charge in [-0.25, -0.2) is 4.79 Å². The molecule has 38 heavy (non-hydrogen) atoms. The number of hydrogen-bond acceptors (Lipinski definition) is 10. The van der Waals surface area contributed by atoms with Crippen LogP contribution >= 0.6 is 0 Å². The van der Waals surface area contributed by atoms with Gasteiger partial charge in [-0.1, -0.05) is 18.2 Å². The number of rotatable bonds is 7. The molecule has 1 fully saturated rings. The molecule has 3 aliphatic rings. The lowest BCUT2D eigenvalue weighted by molar-refractivity contribution is -0.0459. The Morgan fingerprint density at radius 2 is 1.82 bits per heavy atom. The molecule has 6 rings (SSSR count). The first-order chi connectivity index (χ1) is 18.4. The normalized spacial score (nSPS) is 21.4. The summed E-state index contributed by atoms with van der Waals surface area (Å²) in [5.74, 6) is 0.489. The highest BCUT2D eigenvalue weighted by atomic mass is 16.5. The fourth-order valence-electron chi connectivity index (χ4n) is 4.90. The second-order valence-corrected chi connectivity index (χ2v) is 9.25. The van der Waals surface area contributed by atoms with Gasteiger partial charge in [-0.05, 0) is 30.7 Å². The zero-order valence-corrected chi connectivity index (χ0v) is 20.2. The Kier molecular flexibility index (Phi) is 6.06. The molecule has 3 aromatic rings. The molecule has 0 aliphatic carbocycles. The van der Waals surface area contributed by atoms with Gasteiger partial charge in [0.05, 0.1) is 35.7 Å². The van der Waals surface area contributed by atoms with Crippen molar-refractivity contribution >= 4 is 29.0 Å². The molecule has 3 atom stereocenters. The van der Waals surface area contributed by atoms with E-state index in [4.69, 9.17) is 9.47 Å². The number of amides is 2. The maximum absolute atomic E-state index is 12.7. The molecular formula is C26H25N5O7. The van der Waals surface area contributed by atoms with E-state index in [1.165, 1.54) is 15.7 Å². The van der Waals surface area contributed by atoms with E-state index >= 15 is 0 Å². The maximum Gasteiger partial charge on any atom is 0.351 e. The van der Waals surface area contributed by atoms with Gasteiger partial charge in [-0.15, -0.1) is 0 Å². The topological polar surface area (TPSA) is 155 Å². The lowest BCUT2D eigenvalue weighted by Gasteiger charge is -2.25. The van der Waals surface area contributed by atoms with Crippen molar-refractivity contribution in [1.82, 2.24) is 14.5 Å². The van der Waals surface area contributed by atoms with Gasteiger partial charge >= 0.3 is 5.69 Å². The Morgan fingerprint density at radius 3 is 2.53 bits per heavy atom. The molecule has 3 unspecified atom stereocenters. The minimum absolute atomic E-state index is 0.143. The van der Waals surface area contributed by atoms with E-state index in [1.54, 1.807) is 30.3 Å². The molecule has 0 radical (unpaired) electrons. The molecule has 0 bridgehead atoms. The Bertz CT molecular complexity index is 1450. The number of fused-ring (bicyclic) bond motifs is 3. The van der Waals surface area contributed by atoms with Crippen LogP contribution in [0.15, 0.2) is 53.5 Å². The van der Waals surface area contributed by atoms with Gasteiger partial charge < -0.3 is 30.3 Å². The van der Waals surface area contributed by atoms with Crippen LogP contribution in [-0.4, -0.2) is 68.4 Å². The van der Waals surface area contributed by atoms with Gasteiger partial charge in [0.25, 0.3) is 11.8 Å². The number of nitrogens with one attached hydrogen (secondary N) is 2. The van der Waals surface area contributed by atoms with E-state index < -0.39 is 24.1 Å². The number of carbonyl (C=O) groups is 2. The first-order valence-electron chi connectivity index (χ1n) is 12.3. The summed E-state index contributed by atoms with van der Waals surface area (Å²) in [6, 6.07) is 12.2. The van der Waals surface area contributed by atoms with Crippen molar-refractivity contribution in [2.75, 3.05) is 30.3 Å². The molecule has 0 spiro atoms.